The summed E-state index contributed by atoms with van der Waals surface area (Å²) in [6.45, 7) is 8.83. The molecule has 0 aromatic rings. The van der Waals surface area contributed by atoms with E-state index in [1.807, 2.05) is 6.92 Å². The summed E-state index contributed by atoms with van der Waals surface area (Å²) in [6.07, 6.45) is 11.0. The summed E-state index contributed by atoms with van der Waals surface area (Å²) in [6, 6.07) is 0. The van der Waals surface area contributed by atoms with Crippen LogP contribution in [0, 0.1) is 28.6 Å². The molecule has 0 N–H and O–H groups in total. The van der Waals surface area contributed by atoms with Gasteiger partial charge in [0.15, 0.2) is 0 Å². The van der Waals surface area contributed by atoms with Gasteiger partial charge in [0.2, 0.25) is 0 Å². The van der Waals surface area contributed by atoms with Gasteiger partial charge in [-0.15, -0.1) is 0 Å². The minimum atomic E-state index is -0.838. The van der Waals surface area contributed by atoms with E-state index in [1.54, 1.807) is 5.57 Å². The zero-order valence-electron chi connectivity index (χ0n) is 14.8. The van der Waals surface area contributed by atoms with Crippen LogP contribution in [0.1, 0.15) is 66.2 Å². The van der Waals surface area contributed by atoms with E-state index in [-0.39, 0.29) is 31.8 Å². The molecule has 1 fully saturated rings. The van der Waals surface area contributed by atoms with Crippen molar-refractivity contribution in [1.29, 1.82) is 0 Å². The molecule has 3 rings (SSSR count). The molecule has 3 aliphatic rings. The number of carbonyl (C=O) groups is 1. The van der Waals surface area contributed by atoms with Gasteiger partial charge in [-0.25, -0.2) is 0 Å². The SMILES string of the molecule is CC(C)C1=CC2=CC[C@@H]3[C@](C)(CCC[C@@]3(C)C(=O)[O-])[C@H]2CC1.[Pd+2]. The Balaban J connectivity index is 0.00000192. The summed E-state index contributed by atoms with van der Waals surface area (Å²) in [4.78, 5) is 11.8. The molecule has 23 heavy (non-hydrogen) atoms. The Morgan fingerprint density at radius 1 is 1.30 bits per heavy atom. The van der Waals surface area contributed by atoms with Crippen molar-refractivity contribution in [2.24, 2.45) is 28.6 Å². The summed E-state index contributed by atoms with van der Waals surface area (Å²) in [7, 11) is 0. The first kappa shape index (κ1) is 18.9. The largest absolute Gasteiger partial charge is 2.00 e. The van der Waals surface area contributed by atoms with E-state index < -0.39 is 11.4 Å². The molecule has 1 saturated carbocycles. The van der Waals surface area contributed by atoms with Gasteiger partial charge in [-0.05, 0) is 60.8 Å². The molecule has 0 heterocycles. The third-order valence-electron chi connectivity index (χ3n) is 7.05. The minimum Gasteiger partial charge on any atom is -0.550 e. The number of carbonyl (C=O) groups excluding carboxylic acids is 1. The summed E-state index contributed by atoms with van der Waals surface area (Å²) < 4.78 is 0. The molecule has 130 valence electrons. The second kappa shape index (κ2) is 6.49. The summed E-state index contributed by atoms with van der Waals surface area (Å²) >= 11 is 0. The van der Waals surface area contributed by atoms with E-state index >= 15 is 0 Å². The summed E-state index contributed by atoms with van der Waals surface area (Å²) in [5, 5.41) is 11.8. The normalized spacial score (nSPS) is 39.5. The van der Waals surface area contributed by atoms with E-state index in [0.29, 0.717) is 11.8 Å². The zero-order valence-corrected chi connectivity index (χ0v) is 16.3. The van der Waals surface area contributed by atoms with Gasteiger partial charge < -0.3 is 9.90 Å². The van der Waals surface area contributed by atoms with Gasteiger partial charge >= 0.3 is 20.4 Å². The molecule has 0 spiro atoms. The first-order valence-electron chi connectivity index (χ1n) is 8.91. The molecular weight excluding hydrogens is 379 g/mol. The zero-order chi connectivity index (χ0) is 16.1. The van der Waals surface area contributed by atoms with Crippen LogP contribution in [0.5, 0.6) is 0 Å². The quantitative estimate of drug-likeness (QED) is 0.652. The minimum absolute atomic E-state index is 0. The Morgan fingerprint density at radius 2 is 2.00 bits per heavy atom. The number of carboxylic acid groups (broad SMARTS) is 1. The van der Waals surface area contributed by atoms with E-state index in [0.717, 1.165) is 25.7 Å². The molecule has 0 aromatic carbocycles. The van der Waals surface area contributed by atoms with Crippen LogP contribution in [0.2, 0.25) is 0 Å². The number of hydrogen-bond donors (Lipinski definition) is 0. The van der Waals surface area contributed by atoms with Crippen molar-refractivity contribution in [2.75, 3.05) is 0 Å². The van der Waals surface area contributed by atoms with Crippen molar-refractivity contribution in [2.45, 2.75) is 66.2 Å². The molecule has 0 unspecified atom stereocenters. The first-order valence-corrected chi connectivity index (χ1v) is 8.91. The van der Waals surface area contributed by atoms with Gasteiger partial charge in [0.05, 0.1) is 0 Å². The molecule has 0 aliphatic heterocycles. The third kappa shape index (κ3) is 2.89. The fourth-order valence-corrected chi connectivity index (χ4v) is 5.59. The second-order valence-corrected chi connectivity index (χ2v) is 8.52. The molecule has 3 aliphatic carbocycles. The van der Waals surface area contributed by atoms with Crippen LogP contribution < -0.4 is 5.11 Å². The van der Waals surface area contributed by atoms with Crippen molar-refractivity contribution in [1.82, 2.24) is 0 Å². The van der Waals surface area contributed by atoms with Crippen LogP contribution in [0.3, 0.4) is 0 Å². The maximum atomic E-state index is 11.8. The van der Waals surface area contributed by atoms with E-state index in [1.165, 1.54) is 18.4 Å². The Hall–Kier alpha value is -0.388. The average molecular weight is 408 g/mol. The first-order chi connectivity index (χ1) is 10.3. The van der Waals surface area contributed by atoms with E-state index in [9.17, 15) is 9.90 Å². The van der Waals surface area contributed by atoms with Gasteiger partial charge in [-0.1, -0.05) is 51.8 Å². The Labute approximate surface area is 154 Å². The maximum Gasteiger partial charge on any atom is 2.00 e. The predicted octanol–water partition coefficient (Wildman–Crippen LogP) is 3.87. The number of carboxylic acids is 1. The molecule has 2 nitrogen and oxygen atoms in total. The van der Waals surface area contributed by atoms with E-state index in [4.69, 9.17) is 0 Å². The topological polar surface area (TPSA) is 40.1 Å². The third-order valence-corrected chi connectivity index (χ3v) is 7.05. The number of rotatable bonds is 2. The maximum absolute atomic E-state index is 11.8. The fraction of sp³-hybridized carbons (Fsp3) is 0.750. The number of allylic oxidation sites excluding steroid dienone is 4. The fourth-order valence-electron chi connectivity index (χ4n) is 5.59. The van der Waals surface area contributed by atoms with E-state index in [2.05, 4.69) is 32.9 Å². The summed E-state index contributed by atoms with van der Waals surface area (Å²) in [5.74, 6) is 0.538. The standard InChI is InChI=1S/C20H30O2.Pd/c1-13(2)14-6-8-16-15(12-14)7-9-17-19(16,3)10-5-11-20(17,4)18(21)22;/h7,12-13,16-17H,5-6,8-11H2,1-4H3,(H,21,22);/q;+2/p-1/t16-,17+,19+,20+;/m0./s1. The molecule has 0 radical (unpaired) electrons. The molecule has 0 saturated heterocycles. The van der Waals surface area contributed by atoms with Crippen molar-refractivity contribution in [3.8, 4) is 0 Å². The number of hydrogen-bond acceptors (Lipinski definition) is 2. The second-order valence-electron chi connectivity index (χ2n) is 8.52. The molecule has 0 aromatic heterocycles. The number of fused-ring (bicyclic) bond motifs is 3. The van der Waals surface area contributed by atoms with Crippen LogP contribution >= 0.6 is 0 Å². The van der Waals surface area contributed by atoms with Gasteiger partial charge in [0, 0.05) is 11.4 Å². The molecule has 4 atom stereocenters. The Bertz CT molecular complexity index is 548. The number of aliphatic carboxylic acids is 1. The molecule has 0 bridgehead atoms. The van der Waals surface area contributed by atoms with Crippen molar-refractivity contribution in [3.63, 3.8) is 0 Å². The molecule has 3 heteroatoms. The van der Waals surface area contributed by atoms with Crippen molar-refractivity contribution < 1.29 is 30.3 Å². The van der Waals surface area contributed by atoms with Crippen LogP contribution in [-0.2, 0) is 25.2 Å². The van der Waals surface area contributed by atoms with Gasteiger partial charge in [0.25, 0.3) is 0 Å². The van der Waals surface area contributed by atoms with Crippen LogP contribution in [0.4, 0.5) is 0 Å². The van der Waals surface area contributed by atoms with Crippen molar-refractivity contribution >= 4 is 5.97 Å². The van der Waals surface area contributed by atoms with Gasteiger partial charge in [0.1, 0.15) is 0 Å². The predicted molar refractivity (Wildman–Crippen MR) is 86.9 cm³/mol. The van der Waals surface area contributed by atoms with Gasteiger partial charge in [-0.2, -0.15) is 0 Å². The van der Waals surface area contributed by atoms with Crippen LogP contribution in [0.25, 0.3) is 0 Å². The smallest absolute Gasteiger partial charge is 0.550 e. The molecular formula is C20H29O2Pd+. The Kier molecular flexibility index (Phi) is 5.35. The Morgan fingerprint density at radius 3 is 2.61 bits per heavy atom. The summed E-state index contributed by atoms with van der Waals surface area (Å²) in [5.41, 5.74) is 2.51. The monoisotopic (exact) mass is 407 g/mol. The van der Waals surface area contributed by atoms with Crippen LogP contribution in [0.15, 0.2) is 23.3 Å². The molecule has 0 amide bonds. The van der Waals surface area contributed by atoms with Crippen LogP contribution in [-0.4, -0.2) is 5.97 Å². The van der Waals surface area contributed by atoms with Crippen molar-refractivity contribution in [3.05, 3.63) is 23.3 Å². The van der Waals surface area contributed by atoms with Gasteiger partial charge in [-0.3, -0.25) is 0 Å². The average Bonchev–Trinajstić information content (AvgIpc) is 2.46.